The number of hydrogen-bond donors (Lipinski definition) is 1. The van der Waals surface area contributed by atoms with Crippen LogP contribution in [0.4, 0.5) is 0 Å². The van der Waals surface area contributed by atoms with Crippen molar-refractivity contribution in [3.8, 4) is 16.9 Å². The van der Waals surface area contributed by atoms with Gasteiger partial charge in [-0.3, -0.25) is 4.79 Å². The Balaban J connectivity index is 1.49. The molecule has 31 heavy (non-hydrogen) atoms. The number of benzene rings is 2. The van der Waals surface area contributed by atoms with Crippen molar-refractivity contribution in [2.45, 2.75) is 50.7 Å². The molecule has 2 aliphatic rings. The third kappa shape index (κ3) is 5.10. The Morgan fingerprint density at radius 3 is 2.71 bits per heavy atom. The van der Waals surface area contributed by atoms with Crippen molar-refractivity contribution in [3.05, 3.63) is 54.1 Å². The first-order valence-corrected chi connectivity index (χ1v) is 11.5. The Labute approximate surface area is 185 Å². The highest BCUT2D eigenvalue weighted by Crippen LogP contribution is 2.34. The van der Waals surface area contributed by atoms with Crippen LogP contribution in [0.1, 0.15) is 38.2 Å². The lowest BCUT2D eigenvalue weighted by Crippen LogP contribution is -2.52. The summed E-state index contributed by atoms with van der Waals surface area (Å²) in [7, 11) is 1.69. The van der Waals surface area contributed by atoms with Crippen LogP contribution in [0.5, 0.6) is 5.75 Å². The van der Waals surface area contributed by atoms with Crippen molar-refractivity contribution in [1.29, 1.82) is 0 Å². The first kappa shape index (κ1) is 21.8. The summed E-state index contributed by atoms with van der Waals surface area (Å²) < 4.78 is 11.7. The molecule has 0 spiro atoms. The number of carbonyl (C=O) groups excluding carboxylic acids is 1. The van der Waals surface area contributed by atoms with Crippen molar-refractivity contribution in [2.75, 3.05) is 33.4 Å². The summed E-state index contributed by atoms with van der Waals surface area (Å²) in [4.78, 5) is 15.8. The molecule has 2 atom stereocenters. The van der Waals surface area contributed by atoms with Gasteiger partial charge in [0.1, 0.15) is 5.75 Å². The second kappa shape index (κ2) is 9.84. The van der Waals surface area contributed by atoms with E-state index in [1.165, 1.54) is 12.8 Å². The molecule has 2 heterocycles. The number of likely N-dealkylation sites (tertiary alicyclic amines) is 1. The number of ether oxygens (including phenoxy) is 2. The zero-order chi connectivity index (χ0) is 21.7. The van der Waals surface area contributed by atoms with Crippen LogP contribution in [0.3, 0.4) is 0 Å². The summed E-state index contributed by atoms with van der Waals surface area (Å²) >= 11 is 0. The summed E-state index contributed by atoms with van der Waals surface area (Å²) in [6.45, 7) is 5.92. The quantitative estimate of drug-likeness (QED) is 0.697. The molecule has 1 N–H and O–H groups in total. The average Bonchev–Trinajstić information content (AvgIpc) is 3.47. The van der Waals surface area contributed by atoms with Crippen LogP contribution in [0, 0.1) is 0 Å². The van der Waals surface area contributed by atoms with Crippen LogP contribution in [-0.2, 0) is 16.0 Å². The van der Waals surface area contributed by atoms with Gasteiger partial charge in [-0.05, 0) is 62.9 Å². The van der Waals surface area contributed by atoms with Gasteiger partial charge in [0.05, 0.1) is 7.11 Å². The number of nitrogens with one attached hydrogen (secondary N) is 1. The lowest BCUT2D eigenvalue weighted by molar-refractivity contribution is -0.142. The monoisotopic (exact) mass is 422 g/mol. The molecule has 2 aromatic rings. The minimum Gasteiger partial charge on any atom is -0.496 e. The maximum absolute atomic E-state index is 13.3. The van der Waals surface area contributed by atoms with E-state index in [2.05, 4.69) is 41.4 Å². The van der Waals surface area contributed by atoms with Crippen LogP contribution < -0.4 is 10.1 Å². The zero-order valence-corrected chi connectivity index (χ0v) is 18.7. The van der Waals surface area contributed by atoms with Gasteiger partial charge in [-0.15, -0.1) is 0 Å². The van der Waals surface area contributed by atoms with E-state index in [-0.39, 0.29) is 11.9 Å². The van der Waals surface area contributed by atoms with E-state index in [0.29, 0.717) is 13.0 Å². The highest BCUT2D eigenvalue weighted by molar-refractivity contribution is 5.86. The lowest BCUT2D eigenvalue weighted by atomic mass is 9.89. The Morgan fingerprint density at radius 1 is 1.16 bits per heavy atom. The molecule has 0 aliphatic carbocycles. The van der Waals surface area contributed by atoms with E-state index < -0.39 is 5.60 Å². The molecule has 2 aromatic carbocycles. The molecule has 2 fully saturated rings. The summed E-state index contributed by atoms with van der Waals surface area (Å²) in [5, 5.41) is 3.25. The summed E-state index contributed by atoms with van der Waals surface area (Å²) in [5.74, 6) is 0.874. The number of nitrogens with zero attached hydrogens (tertiary/aromatic N) is 1. The highest BCUT2D eigenvalue weighted by atomic mass is 16.5. The largest absolute Gasteiger partial charge is 0.496 e. The molecule has 5 heteroatoms. The Bertz CT molecular complexity index is 886. The molecule has 2 saturated heterocycles. The van der Waals surface area contributed by atoms with Crippen LogP contribution in [0.25, 0.3) is 11.1 Å². The number of amides is 1. The first-order chi connectivity index (χ1) is 15.1. The summed E-state index contributed by atoms with van der Waals surface area (Å²) in [6.07, 6.45) is 4.78. The molecule has 166 valence electrons. The molecular formula is C26H34N2O3. The summed E-state index contributed by atoms with van der Waals surface area (Å²) in [6, 6.07) is 16.5. The maximum Gasteiger partial charge on any atom is 0.252 e. The first-order valence-electron chi connectivity index (χ1n) is 11.5. The van der Waals surface area contributed by atoms with Crippen molar-refractivity contribution < 1.29 is 14.3 Å². The molecule has 5 nitrogen and oxygen atoms in total. The van der Waals surface area contributed by atoms with Crippen LogP contribution in [-0.4, -0.2) is 55.8 Å². The van der Waals surface area contributed by atoms with Gasteiger partial charge in [0.15, 0.2) is 5.60 Å². The van der Waals surface area contributed by atoms with E-state index >= 15 is 0 Å². The second-order valence-corrected chi connectivity index (χ2v) is 8.91. The minimum absolute atomic E-state index is 0.0272. The normalized spacial score (nSPS) is 22.4. The number of rotatable bonds is 8. The summed E-state index contributed by atoms with van der Waals surface area (Å²) in [5.41, 5.74) is 2.47. The van der Waals surface area contributed by atoms with Gasteiger partial charge in [-0.25, -0.2) is 0 Å². The van der Waals surface area contributed by atoms with E-state index in [0.717, 1.165) is 54.9 Å². The van der Waals surface area contributed by atoms with Crippen molar-refractivity contribution in [3.63, 3.8) is 0 Å². The average molecular weight is 423 g/mol. The third-order valence-electron chi connectivity index (χ3n) is 6.46. The number of para-hydroxylation sites is 1. The van der Waals surface area contributed by atoms with Crippen molar-refractivity contribution >= 4 is 5.91 Å². The van der Waals surface area contributed by atoms with Gasteiger partial charge in [0, 0.05) is 31.2 Å². The molecule has 1 amide bonds. The fraction of sp³-hybridized carbons (Fsp3) is 0.500. The predicted octanol–water partition coefficient (Wildman–Crippen LogP) is 4.05. The Kier molecular flexibility index (Phi) is 6.93. The fourth-order valence-electron chi connectivity index (χ4n) is 4.91. The van der Waals surface area contributed by atoms with Gasteiger partial charge in [-0.1, -0.05) is 42.5 Å². The van der Waals surface area contributed by atoms with E-state index in [4.69, 9.17) is 9.47 Å². The molecule has 0 aromatic heterocycles. The lowest BCUT2D eigenvalue weighted by Gasteiger charge is -2.30. The van der Waals surface area contributed by atoms with Gasteiger partial charge in [-0.2, -0.15) is 0 Å². The van der Waals surface area contributed by atoms with E-state index in [9.17, 15) is 4.79 Å². The molecule has 4 rings (SSSR count). The molecule has 0 bridgehead atoms. The second-order valence-electron chi connectivity index (χ2n) is 8.91. The Hall–Kier alpha value is -2.37. The molecule has 0 saturated carbocycles. The Morgan fingerprint density at radius 2 is 1.97 bits per heavy atom. The molecular weight excluding hydrogens is 388 g/mol. The number of hydrogen-bond acceptors (Lipinski definition) is 4. The molecule has 2 aliphatic heterocycles. The third-order valence-corrected chi connectivity index (χ3v) is 6.46. The van der Waals surface area contributed by atoms with Gasteiger partial charge >= 0.3 is 0 Å². The van der Waals surface area contributed by atoms with Crippen molar-refractivity contribution in [2.24, 2.45) is 0 Å². The molecule has 2 unspecified atom stereocenters. The van der Waals surface area contributed by atoms with Crippen LogP contribution in [0.15, 0.2) is 48.5 Å². The van der Waals surface area contributed by atoms with Gasteiger partial charge < -0.3 is 19.7 Å². The van der Waals surface area contributed by atoms with E-state index in [1.54, 1.807) is 7.11 Å². The number of carbonyl (C=O) groups is 1. The smallest absolute Gasteiger partial charge is 0.252 e. The predicted molar refractivity (Wildman–Crippen MR) is 123 cm³/mol. The zero-order valence-electron chi connectivity index (χ0n) is 18.7. The minimum atomic E-state index is -0.779. The van der Waals surface area contributed by atoms with Crippen LogP contribution in [0.2, 0.25) is 0 Å². The van der Waals surface area contributed by atoms with Crippen LogP contribution >= 0.6 is 0 Å². The fourth-order valence-corrected chi connectivity index (χ4v) is 4.91. The SMILES string of the molecule is COc1ccccc1-c1cccc(CC2(C(=O)NC(C)CN3CCCC3)CCCO2)c1. The van der Waals surface area contributed by atoms with Crippen molar-refractivity contribution in [1.82, 2.24) is 10.2 Å². The topological polar surface area (TPSA) is 50.8 Å². The van der Waals surface area contributed by atoms with Gasteiger partial charge in [0.25, 0.3) is 5.91 Å². The van der Waals surface area contributed by atoms with Gasteiger partial charge in [0.2, 0.25) is 0 Å². The van der Waals surface area contributed by atoms with E-state index in [1.807, 2.05) is 24.3 Å². The standard InChI is InChI=1S/C26H34N2O3/c1-20(19-28-14-5-6-15-28)27-25(29)26(13-8-16-31-26)18-21-9-7-10-22(17-21)23-11-3-4-12-24(23)30-2/h3-4,7,9-12,17,20H,5-6,8,13-16,18-19H2,1-2H3,(H,27,29). The highest BCUT2D eigenvalue weighted by Gasteiger charge is 2.43. The number of methoxy groups -OCH3 is 1. The maximum atomic E-state index is 13.3. The molecule has 0 radical (unpaired) electrons.